The van der Waals surface area contributed by atoms with Crippen molar-refractivity contribution in [2.45, 2.75) is 13.8 Å². The summed E-state index contributed by atoms with van der Waals surface area (Å²) < 4.78 is 8.08. The highest BCUT2D eigenvalue weighted by Crippen LogP contribution is 2.31. The Morgan fingerprint density at radius 3 is 2.31 bits per heavy atom. The quantitative estimate of drug-likeness (QED) is 0.322. The Bertz CT molecular complexity index is 1600. The molecule has 0 fully saturated rings. The Labute approximate surface area is 211 Å². The van der Waals surface area contributed by atoms with Crippen LogP contribution < -0.4 is 10.7 Å². The van der Waals surface area contributed by atoms with Crippen molar-refractivity contribution >= 4 is 33.6 Å². The predicted molar refractivity (Wildman–Crippen MR) is 149 cm³/mol. The molecule has 0 aliphatic heterocycles. The second-order valence-corrected chi connectivity index (χ2v) is 8.93. The largest absolute Gasteiger partial charge is 0.463 e. The number of allylic oxidation sites excluding steroid dienone is 5. The highest BCUT2D eigenvalue weighted by atomic mass is 16.3. The number of benzene rings is 3. The smallest absolute Gasteiger partial charge is 0.200 e. The van der Waals surface area contributed by atoms with Gasteiger partial charge in [0.2, 0.25) is 5.43 Å². The fraction of sp³-hybridized carbons (Fsp3) is 0.125. The van der Waals surface area contributed by atoms with Crippen molar-refractivity contribution in [2.75, 3.05) is 18.9 Å². The molecule has 0 radical (unpaired) electrons. The Morgan fingerprint density at radius 1 is 0.889 bits per heavy atom. The van der Waals surface area contributed by atoms with Crippen LogP contribution in [0, 0.1) is 6.92 Å². The molecule has 0 amide bonds. The van der Waals surface area contributed by atoms with Gasteiger partial charge in [0.25, 0.3) is 0 Å². The Balaban J connectivity index is 1.62. The first-order chi connectivity index (χ1) is 17.5. The van der Waals surface area contributed by atoms with E-state index in [0.717, 1.165) is 40.3 Å². The van der Waals surface area contributed by atoms with Gasteiger partial charge in [-0.05, 0) is 73.0 Å². The molecule has 1 aromatic heterocycles. The SMILES string of the molecule is CC[N+](C)=C1C=CC(=C(c2ccc(Nc3ccccc3C)cc2)c2coc3ccccc3c2=O)C=C1. The lowest BCUT2D eigenvalue weighted by atomic mass is 9.91. The molecule has 4 aromatic rings. The molecule has 4 heteroatoms. The number of rotatable bonds is 5. The molecule has 36 heavy (non-hydrogen) atoms. The molecule has 0 spiro atoms. The van der Waals surface area contributed by atoms with E-state index in [2.05, 4.69) is 79.4 Å². The van der Waals surface area contributed by atoms with Gasteiger partial charge < -0.3 is 9.73 Å². The summed E-state index contributed by atoms with van der Waals surface area (Å²) in [5.41, 5.74) is 8.22. The minimum Gasteiger partial charge on any atom is -0.463 e. The minimum absolute atomic E-state index is 0.0382. The maximum atomic E-state index is 13.6. The molecular formula is C32H29N2O2+. The lowest BCUT2D eigenvalue weighted by molar-refractivity contribution is -0.491. The molecule has 1 aliphatic rings. The van der Waals surface area contributed by atoms with Gasteiger partial charge in [-0.25, -0.2) is 4.58 Å². The van der Waals surface area contributed by atoms with Crippen molar-refractivity contribution in [3.8, 4) is 0 Å². The molecule has 1 heterocycles. The first kappa shape index (κ1) is 23.3. The van der Waals surface area contributed by atoms with Gasteiger partial charge in [-0.3, -0.25) is 4.79 Å². The van der Waals surface area contributed by atoms with Crippen molar-refractivity contribution < 1.29 is 8.99 Å². The maximum Gasteiger partial charge on any atom is 0.200 e. The normalized spacial score (nSPS) is 12.8. The summed E-state index contributed by atoms with van der Waals surface area (Å²) in [5, 5.41) is 4.06. The molecule has 0 saturated heterocycles. The van der Waals surface area contributed by atoms with Gasteiger partial charge in [0.05, 0.1) is 10.9 Å². The van der Waals surface area contributed by atoms with E-state index in [0.29, 0.717) is 16.5 Å². The Morgan fingerprint density at radius 2 is 1.58 bits per heavy atom. The van der Waals surface area contributed by atoms with E-state index in [9.17, 15) is 4.79 Å². The number of fused-ring (bicyclic) bond motifs is 1. The van der Waals surface area contributed by atoms with Crippen LogP contribution in [0.4, 0.5) is 11.4 Å². The van der Waals surface area contributed by atoms with Gasteiger partial charge in [0.1, 0.15) is 25.4 Å². The van der Waals surface area contributed by atoms with E-state index in [1.165, 1.54) is 5.56 Å². The molecule has 3 aromatic carbocycles. The maximum absolute atomic E-state index is 13.6. The summed E-state index contributed by atoms with van der Waals surface area (Å²) in [6.45, 7) is 5.12. The van der Waals surface area contributed by atoms with Gasteiger partial charge in [-0.2, -0.15) is 0 Å². The fourth-order valence-electron chi connectivity index (χ4n) is 4.38. The molecule has 178 valence electrons. The van der Waals surface area contributed by atoms with Crippen molar-refractivity contribution in [1.29, 1.82) is 0 Å². The van der Waals surface area contributed by atoms with Crippen molar-refractivity contribution in [2.24, 2.45) is 0 Å². The number of para-hydroxylation sites is 2. The summed E-state index contributed by atoms with van der Waals surface area (Å²) in [6.07, 6.45) is 9.92. The number of hydrogen-bond acceptors (Lipinski definition) is 3. The number of nitrogens with one attached hydrogen (secondary N) is 1. The number of hydrogen-bond donors (Lipinski definition) is 1. The van der Waals surface area contributed by atoms with Crippen LogP contribution >= 0.6 is 0 Å². The van der Waals surface area contributed by atoms with Crippen LogP contribution in [0.1, 0.15) is 23.6 Å². The lowest BCUT2D eigenvalue weighted by Crippen LogP contribution is -2.15. The molecule has 5 rings (SSSR count). The number of aryl methyl sites for hydroxylation is 1. The van der Waals surface area contributed by atoms with Crippen molar-refractivity contribution in [1.82, 2.24) is 0 Å². The van der Waals surface area contributed by atoms with E-state index in [1.807, 2.05) is 48.5 Å². The van der Waals surface area contributed by atoms with Gasteiger partial charge in [0.15, 0.2) is 5.71 Å². The standard InChI is InChI=1S/C32H28N2O2/c1-4-34(3)26-19-15-24(16-20-26)31(28-21-36-30-12-8-6-10-27(30)32(28)35)23-13-17-25(18-14-23)33-29-11-7-5-9-22(29)2/h5-21H,4H2,1-3H3/p+1. The van der Waals surface area contributed by atoms with Crippen molar-refractivity contribution in [3.05, 3.63) is 136 Å². The number of anilines is 2. The van der Waals surface area contributed by atoms with E-state index < -0.39 is 0 Å². The van der Waals surface area contributed by atoms with E-state index >= 15 is 0 Å². The summed E-state index contributed by atoms with van der Waals surface area (Å²) in [4.78, 5) is 13.6. The first-order valence-electron chi connectivity index (χ1n) is 12.2. The first-order valence-corrected chi connectivity index (χ1v) is 12.2. The van der Waals surface area contributed by atoms with Crippen LogP contribution in [0.25, 0.3) is 16.5 Å². The van der Waals surface area contributed by atoms with Crippen LogP contribution in [-0.2, 0) is 0 Å². The fourth-order valence-corrected chi connectivity index (χ4v) is 4.38. The van der Waals surface area contributed by atoms with Crippen LogP contribution in [0.15, 0.2) is 118 Å². The highest BCUT2D eigenvalue weighted by molar-refractivity contribution is 6.04. The van der Waals surface area contributed by atoms with E-state index in [4.69, 9.17) is 4.42 Å². The average molecular weight is 474 g/mol. The topological polar surface area (TPSA) is 45.2 Å². The average Bonchev–Trinajstić information content (AvgIpc) is 2.92. The predicted octanol–water partition coefficient (Wildman–Crippen LogP) is 6.88. The third kappa shape index (κ3) is 4.58. The third-order valence-electron chi connectivity index (χ3n) is 6.62. The number of nitrogens with zero attached hydrogens (tertiary/aromatic N) is 1. The van der Waals surface area contributed by atoms with Crippen LogP contribution in [0.2, 0.25) is 0 Å². The molecule has 1 aliphatic carbocycles. The van der Waals surface area contributed by atoms with E-state index in [1.54, 1.807) is 6.26 Å². The summed E-state index contributed by atoms with van der Waals surface area (Å²) in [7, 11) is 2.07. The Kier molecular flexibility index (Phi) is 6.50. The summed E-state index contributed by atoms with van der Waals surface area (Å²) in [6, 6.07) is 23.8. The molecule has 0 atom stereocenters. The highest BCUT2D eigenvalue weighted by Gasteiger charge is 2.18. The van der Waals surface area contributed by atoms with Gasteiger partial charge in [-0.1, -0.05) is 42.5 Å². The second kappa shape index (κ2) is 10.0. The van der Waals surface area contributed by atoms with Gasteiger partial charge in [0, 0.05) is 29.1 Å². The molecule has 0 saturated carbocycles. The van der Waals surface area contributed by atoms with Crippen LogP contribution in [0.5, 0.6) is 0 Å². The van der Waals surface area contributed by atoms with Crippen molar-refractivity contribution in [3.63, 3.8) is 0 Å². The zero-order valence-electron chi connectivity index (χ0n) is 20.8. The lowest BCUT2D eigenvalue weighted by Gasteiger charge is -2.15. The molecule has 4 nitrogen and oxygen atoms in total. The summed E-state index contributed by atoms with van der Waals surface area (Å²) in [5.74, 6) is 0. The molecule has 0 unspecified atom stereocenters. The molecular weight excluding hydrogens is 444 g/mol. The van der Waals surface area contributed by atoms with Crippen LogP contribution in [-0.4, -0.2) is 23.9 Å². The van der Waals surface area contributed by atoms with E-state index in [-0.39, 0.29) is 5.43 Å². The Hall–Kier alpha value is -4.44. The zero-order valence-corrected chi connectivity index (χ0v) is 20.8. The van der Waals surface area contributed by atoms with Gasteiger partial charge in [-0.15, -0.1) is 0 Å². The zero-order chi connectivity index (χ0) is 25.1. The second-order valence-electron chi connectivity index (χ2n) is 8.93. The molecule has 0 bridgehead atoms. The monoisotopic (exact) mass is 473 g/mol. The van der Waals surface area contributed by atoms with Gasteiger partial charge >= 0.3 is 0 Å². The molecule has 1 N–H and O–H groups in total. The summed E-state index contributed by atoms with van der Waals surface area (Å²) >= 11 is 0. The minimum atomic E-state index is -0.0382. The van der Waals surface area contributed by atoms with Crippen LogP contribution in [0.3, 0.4) is 0 Å². The third-order valence-corrected chi connectivity index (χ3v) is 6.62.